The number of nitrogens with zero attached hydrogens (tertiary/aromatic N) is 2. The lowest BCUT2D eigenvalue weighted by Gasteiger charge is -2.27. The van der Waals surface area contributed by atoms with Crippen LogP contribution in [0.5, 0.6) is 0 Å². The molecule has 82 valence electrons. The summed E-state index contributed by atoms with van der Waals surface area (Å²) in [7, 11) is 0. The predicted molar refractivity (Wildman–Crippen MR) is 52.6 cm³/mol. The summed E-state index contributed by atoms with van der Waals surface area (Å²) in [6.45, 7) is 3.71. The van der Waals surface area contributed by atoms with Gasteiger partial charge < -0.3 is 14.6 Å². The fourth-order valence-electron chi connectivity index (χ4n) is 1.54. The Hall–Kier alpha value is -1.43. The summed E-state index contributed by atoms with van der Waals surface area (Å²) in [5.41, 5.74) is -0.299. The lowest BCUT2D eigenvalue weighted by molar-refractivity contribution is 0.122. The second-order valence-electron chi connectivity index (χ2n) is 3.40. The predicted octanol–water partition coefficient (Wildman–Crippen LogP) is 0.0540. The number of anilines is 1. The summed E-state index contributed by atoms with van der Waals surface area (Å²) in [6, 6.07) is 0. The van der Waals surface area contributed by atoms with Crippen LogP contribution in [0.25, 0.3) is 0 Å². The number of hydrogen-bond acceptors (Lipinski definition) is 4. The number of ether oxygens (including phenoxy) is 1. The molecule has 0 amide bonds. The summed E-state index contributed by atoms with van der Waals surface area (Å²) >= 11 is 0. The van der Waals surface area contributed by atoms with Crippen molar-refractivity contribution in [2.45, 2.75) is 6.92 Å². The first-order chi connectivity index (χ1) is 7.18. The van der Waals surface area contributed by atoms with Crippen molar-refractivity contribution in [1.29, 1.82) is 0 Å². The van der Waals surface area contributed by atoms with Gasteiger partial charge in [-0.15, -0.1) is 0 Å². The Bertz CT molecular complexity index is 412. The van der Waals surface area contributed by atoms with E-state index in [4.69, 9.17) is 4.74 Å². The molecule has 2 rings (SSSR count). The van der Waals surface area contributed by atoms with Crippen LogP contribution in [0.1, 0.15) is 5.69 Å². The number of nitrogens with one attached hydrogen (secondary N) is 1. The van der Waals surface area contributed by atoms with Crippen molar-refractivity contribution >= 4 is 5.82 Å². The molecule has 0 radical (unpaired) electrons. The molecular formula is C9H12FN3O2. The van der Waals surface area contributed by atoms with Crippen molar-refractivity contribution in [3.8, 4) is 0 Å². The van der Waals surface area contributed by atoms with Gasteiger partial charge in [0.1, 0.15) is 0 Å². The molecule has 0 unspecified atom stereocenters. The van der Waals surface area contributed by atoms with E-state index in [9.17, 15) is 9.18 Å². The van der Waals surface area contributed by atoms with Crippen molar-refractivity contribution in [3.63, 3.8) is 0 Å². The molecule has 15 heavy (non-hydrogen) atoms. The zero-order valence-electron chi connectivity index (χ0n) is 8.42. The number of halogens is 1. The minimum absolute atomic E-state index is 0.125. The third kappa shape index (κ3) is 1.99. The average molecular weight is 213 g/mol. The van der Waals surface area contributed by atoms with Crippen molar-refractivity contribution < 1.29 is 9.13 Å². The van der Waals surface area contributed by atoms with Gasteiger partial charge in [0.2, 0.25) is 0 Å². The monoisotopic (exact) mass is 213 g/mol. The smallest absolute Gasteiger partial charge is 0.347 e. The van der Waals surface area contributed by atoms with Gasteiger partial charge in [-0.25, -0.2) is 9.18 Å². The first-order valence-electron chi connectivity index (χ1n) is 4.77. The van der Waals surface area contributed by atoms with Gasteiger partial charge in [0.25, 0.3) is 0 Å². The fourth-order valence-corrected chi connectivity index (χ4v) is 1.54. The summed E-state index contributed by atoms with van der Waals surface area (Å²) in [6.07, 6.45) is 0. The van der Waals surface area contributed by atoms with Gasteiger partial charge in [0.05, 0.1) is 18.9 Å². The van der Waals surface area contributed by atoms with Crippen LogP contribution in [0.2, 0.25) is 0 Å². The Kier molecular flexibility index (Phi) is 2.68. The molecule has 0 saturated carbocycles. The van der Waals surface area contributed by atoms with Crippen LogP contribution in [0.4, 0.5) is 10.2 Å². The first-order valence-corrected chi connectivity index (χ1v) is 4.77. The highest BCUT2D eigenvalue weighted by Crippen LogP contribution is 2.16. The van der Waals surface area contributed by atoms with Crippen LogP contribution in [-0.2, 0) is 4.74 Å². The average Bonchev–Trinajstić information content (AvgIpc) is 2.24. The van der Waals surface area contributed by atoms with E-state index in [2.05, 4.69) is 9.97 Å². The number of morpholine rings is 1. The van der Waals surface area contributed by atoms with E-state index in [0.717, 1.165) is 0 Å². The molecule has 0 atom stereocenters. The first kappa shape index (κ1) is 10.1. The molecule has 0 spiro atoms. The van der Waals surface area contributed by atoms with E-state index in [0.29, 0.717) is 26.3 Å². The quantitative estimate of drug-likeness (QED) is 0.716. The third-order valence-electron chi connectivity index (χ3n) is 2.34. The van der Waals surface area contributed by atoms with Crippen LogP contribution >= 0.6 is 0 Å². The highest BCUT2D eigenvalue weighted by atomic mass is 19.1. The van der Waals surface area contributed by atoms with E-state index in [1.165, 1.54) is 6.92 Å². The SMILES string of the molecule is Cc1[nH]c(=O)nc(N2CCOCC2)c1F. The Labute approximate surface area is 85.9 Å². The third-order valence-corrected chi connectivity index (χ3v) is 2.34. The van der Waals surface area contributed by atoms with Crippen LogP contribution < -0.4 is 10.6 Å². The molecule has 0 aliphatic carbocycles. The molecule has 1 N–H and O–H groups in total. The summed E-state index contributed by atoms with van der Waals surface area (Å²) in [5.74, 6) is -0.337. The second kappa shape index (κ2) is 3.98. The topological polar surface area (TPSA) is 58.2 Å². The van der Waals surface area contributed by atoms with Gasteiger partial charge in [-0.3, -0.25) is 0 Å². The molecule has 1 aromatic heterocycles. The molecule has 0 aromatic carbocycles. The molecule has 0 bridgehead atoms. The zero-order valence-corrected chi connectivity index (χ0v) is 8.42. The maximum absolute atomic E-state index is 13.7. The number of H-pyrrole nitrogens is 1. The standard InChI is InChI=1S/C9H12FN3O2/c1-6-7(10)8(12-9(14)11-6)13-2-4-15-5-3-13/h2-5H2,1H3,(H,11,12,14). The summed E-state index contributed by atoms with van der Waals surface area (Å²) in [5, 5.41) is 0. The van der Waals surface area contributed by atoms with Gasteiger partial charge in [-0.05, 0) is 6.92 Å². The Balaban J connectivity index is 2.37. The Morgan fingerprint density at radius 1 is 1.47 bits per heavy atom. The lowest BCUT2D eigenvalue weighted by atomic mass is 10.3. The highest BCUT2D eigenvalue weighted by molar-refractivity contribution is 5.40. The van der Waals surface area contributed by atoms with Crippen LogP contribution in [-0.4, -0.2) is 36.3 Å². The summed E-state index contributed by atoms with van der Waals surface area (Å²) in [4.78, 5) is 18.8. The van der Waals surface area contributed by atoms with Gasteiger partial charge >= 0.3 is 5.69 Å². The maximum Gasteiger partial charge on any atom is 0.347 e. The molecular weight excluding hydrogens is 201 g/mol. The molecule has 1 fully saturated rings. The normalized spacial score (nSPS) is 16.8. The summed E-state index contributed by atoms with van der Waals surface area (Å²) < 4.78 is 18.8. The van der Waals surface area contributed by atoms with E-state index < -0.39 is 11.5 Å². The highest BCUT2D eigenvalue weighted by Gasteiger charge is 2.18. The van der Waals surface area contributed by atoms with Gasteiger partial charge in [0, 0.05) is 13.1 Å². The molecule has 1 aromatic rings. The number of aromatic amines is 1. The second-order valence-corrected chi connectivity index (χ2v) is 3.40. The van der Waals surface area contributed by atoms with Gasteiger partial charge in [-0.1, -0.05) is 0 Å². The molecule has 1 aliphatic rings. The van der Waals surface area contributed by atoms with Crippen LogP contribution in [0, 0.1) is 12.7 Å². The molecule has 1 aliphatic heterocycles. The minimum atomic E-state index is -0.518. The number of aryl methyl sites for hydroxylation is 1. The maximum atomic E-state index is 13.7. The molecule has 5 nitrogen and oxygen atoms in total. The van der Waals surface area contributed by atoms with Crippen molar-refractivity contribution in [2.24, 2.45) is 0 Å². The van der Waals surface area contributed by atoms with Crippen molar-refractivity contribution in [3.05, 3.63) is 22.0 Å². The van der Waals surface area contributed by atoms with Gasteiger partial charge in [-0.2, -0.15) is 4.98 Å². The van der Waals surface area contributed by atoms with Gasteiger partial charge in [0.15, 0.2) is 11.6 Å². The van der Waals surface area contributed by atoms with Crippen molar-refractivity contribution in [1.82, 2.24) is 9.97 Å². The Morgan fingerprint density at radius 2 is 2.13 bits per heavy atom. The molecule has 2 heterocycles. The Morgan fingerprint density at radius 3 is 2.80 bits per heavy atom. The molecule has 1 saturated heterocycles. The van der Waals surface area contributed by atoms with E-state index >= 15 is 0 Å². The fraction of sp³-hybridized carbons (Fsp3) is 0.556. The minimum Gasteiger partial charge on any atom is -0.378 e. The number of aromatic nitrogens is 2. The van der Waals surface area contributed by atoms with E-state index in [1.807, 2.05) is 0 Å². The number of rotatable bonds is 1. The van der Waals surface area contributed by atoms with Crippen LogP contribution in [0.15, 0.2) is 4.79 Å². The van der Waals surface area contributed by atoms with E-state index in [-0.39, 0.29) is 11.5 Å². The van der Waals surface area contributed by atoms with Crippen LogP contribution in [0.3, 0.4) is 0 Å². The lowest BCUT2D eigenvalue weighted by Crippen LogP contribution is -2.38. The zero-order chi connectivity index (χ0) is 10.8. The van der Waals surface area contributed by atoms with E-state index in [1.54, 1.807) is 4.90 Å². The van der Waals surface area contributed by atoms with Crippen molar-refractivity contribution in [2.75, 3.05) is 31.2 Å². The molecule has 6 heteroatoms. The largest absolute Gasteiger partial charge is 0.378 e. The number of hydrogen-bond donors (Lipinski definition) is 1.